The van der Waals surface area contributed by atoms with E-state index in [1.807, 2.05) is 38.4 Å². The van der Waals surface area contributed by atoms with Gasteiger partial charge < -0.3 is 20.3 Å². The highest BCUT2D eigenvalue weighted by molar-refractivity contribution is 6.31. The van der Waals surface area contributed by atoms with Crippen LogP contribution < -0.4 is 15.5 Å². The summed E-state index contributed by atoms with van der Waals surface area (Å²) in [7, 11) is 5.71. The SMILES string of the molecule is COCCNC(=O)[C@@H]1C[C@H](NCc2ccc(N(C)C)cc2)CN1Cc1ccccc1Cl. The van der Waals surface area contributed by atoms with Crippen LogP contribution in [0, 0.1) is 0 Å². The Kier molecular flexibility index (Phi) is 8.72. The van der Waals surface area contributed by atoms with Crippen molar-refractivity contribution in [3.63, 3.8) is 0 Å². The third kappa shape index (κ3) is 6.68. The number of methoxy groups -OCH3 is 1. The average Bonchev–Trinajstić information content (AvgIpc) is 3.17. The summed E-state index contributed by atoms with van der Waals surface area (Å²) in [5.41, 5.74) is 3.46. The smallest absolute Gasteiger partial charge is 0.237 e. The van der Waals surface area contributed by atoms with E-state index in [4.69, 9.17) is 16.3 Å². The van der Waals surface area contributed by atoms with E-state index in [1.165, 1.54) is 11.3 Å². The largest absolute Gasteiger partial charge is 0.383 e. The van der Waals surface area contributed by atoms with Crippen molar-refractivity contribution in [3.8, 4) is 0 Å². The second kappa shape index (κ2) is 11.5. The van der Waals surface area contributed by atoms with Gasteiger partial charge in [-0.15, -0.1) is 0 Å². The standard InChI is InChI=1S/C24H33ClN4O2/c1-28(2)21-10-8-18(9-11-21)15-27-20-14-23(24(30)26-12-13-31-3)29(17-20)16-19-6-4-5-7-22(19)25/h4-11,20,23,27H,12-17H2,1-3H3,(H,26,30)/t20-,23-/m0/s1. The van der Waals surface area contributed by atoms with Crippen molar-refractivity contribution in [2.75, 3.05) is 45.8 Å². The van der Waals surface area contributed by atoms with Gasteiger partial charge in [-0.2, -0.15) is 0 Å². The van der Waals surface area contributed by atoms with Crippen LogP contribution in [0.25, 0.3) is 0 Å². The summed E-state index contributed by atoms with van der Waals surface area (Å²) in [5, 5.41) is 7.37. The number of anilines is 1. The first kappa shape index (κ1) is 23.5. The van der Waals surface area contributed by atoms with Crippen LogP contribution in [0.1, 0.15) is 17.5 Å². The molecular weight excluding hydrogens is 412 g/mol. The molecule has 2 aromatic rings. The maximum atomic E-state index is 12.9. The molecule has 1 aliphatic rings. The monoisotopic (exact) mass is 444 g/mol. The summed E-state index contributed by atoms with van der Waals surface area (Å²) in [6.07, 6.45) is 0.763. The lowest BCUT2D eigenvalue weighted by atomic mass is 10.1. The van der Waals surface area contributed by atoms with Gasteiger partial charge in [-0.1, -0.05) is 41.9 Å². The van der Waals surface area contributed by atoms with Crippen LogP contribution in [-0.2, 0) is 22.6 Å². The quantitative estimate of drug-likeness (QED) is 0.552. The lowest BCUT2D eigenvalue weighted by molar-refractivity contribution is -0.125. The summed E-state index contributed by atoms with van der Waals surface area (Å²) in [5.74, 6) is 0.0451. The number of benzene rings is 2. The molecule has 2 atom stereocenters. The van der Waals surface area contributed by atoms with Gasteiger partial charge in [-0.3, -0.25) is 9.69 Å². The zero-order chi connectivity index (χ0) is 22.2. The first-order valence-electron chi connectivity index (χ1n) is 10.7. The van der Waals surface area contributed by atoms with Crippen LogP contribution in [0.15, 0.2) is 48.5 Å². The third-order valence-corrected chi connectivity index (χ3v) is 6.06. The number of nitrogens with zero attached hydrogens (tertiary/aromatic N) is 2. The van der Waals surface area contributed by atoms with E-state index in [9.17, 15) is 4.79 Å². The summed E-state index contributed by atoms with van der Waals surface area (Å²) in [4.78, 5) is 17.2. The summed E-state index contributed by atoms with van der Waals surface area (Å²) >= 11 is 6.38. The Balaban J connectivity index is 1.63. The van der Waals surface area contributed by atoms with Gasteiger partial charge in [0.05, 0.1) is 12.6 Å². The number of hydrogen-bond acceptors (Lipinski definition) is 5. The molecule has 7 heteroatoms. The third-order valence-electron chi connectivity index (χ3n) is 5.69. The second-order valence-corrected chi connectivity index (χ2v) is 8.60. The molecule has 2 N–H and O–H groups in total. The number of halogens is 1. The van der Waals surface area contributed by atoms with Crippen molar-refractivity contribution in [3.05, 3.63) is 64.7 Å². The predicted molar refractivity (Wildman–Crippen MR) is 127 cm³/mol. The number of hydrogen-bond donors (Lipinski definition) is 2. The molecule has 0 aromatic heterocycles. The molecule has 6 nitrogen and oxygen atoms in total. The molecule has 1 amide bonds. The molecular formula is C24H33ClN4O2. The highest BCUT2D eigenvalue weighted by atomic mass is 35.5. The van der Waals surface area contributed by atoms with Gasteiger partial charge in [-0.05, 0) is 35.7 Å². The van der Waals surface area contributed by atoms with Crippen molar-refractivity contribution >= 4 is 23.2 Å². The summed E-state index contributed by atoms with van der Waals surface area (Å²) < 4.78 is 5.06. The lowest BCUT2D eigenvalue weighted by Crippen LogP contribution is -2.43. The summed E-state index contributed by atoms with van der Waals surface area (Å²) in [6.45, 7) is 3.24. The zero-order valence-corrected chi connectivity index (χ0v) is 19.4. The van der Waals surface area contributed by atoms with E-state index in [1.54, 1.807) is 7.11 Å². The molecule has 2 aromatic carbocycles. The number of nitrogens with one attached hydrogen (secondary N) is 2. The van der Waals surface area contributed by atoms with Gasteiger partial charge in [0.1, 0.15) is 0 Å². The van der Waals surface area contributed by atoms with Crippen LogP contribution in [0.2, 0.25) is 5.02 Å². The van der Waals surface area contributed by atoms with Crippen LogP contribution >= 0.6 is 11.6 Å². The molecule has 1 heterocycles. The van der Waals surface area contributed by atoms with Gasteiger partial charge in [0.15, 0.2) is 0 Å². The first-order chi connectivity index (χ1) is 15.0. The molecule has 0 aliphatic carbocycles. The molecule has 0 unspecified atom stereocenters. The molecule has 31 heavy (non-hydrogen) atoms. The zero-order valence-electron chi connectivity index (χ0n) is 18.6. The highest BCUT2D eigenvalue weighted by Gasteiger charge is 2.36. The van der Waals surface area contributed by atoms with E-state index in [-0.39, 0.29) is 18.0 Å². The normalized spacial score (nSPS) is 18.8. The van der Waals surface area contributed by atoms with Crippen molar-refractivity contribution in [2.45, 2.75) is 31.6 Å². The average molecular weight is 445 g/mol. The van der Waals surface area contributed by atoms with Gasteiger partial charge in [0, 0.05) is 64.1 Å². The maximum Gasteiger partial charge on any atom is 0.237 e. The topological polar surface area (TPSA) is 56.8 Å². The second-order valence-electron chi connectivity index (χ2n) is 8.19. The Morgan fingerprint density at radius 1 is 1.19 bits per heavy atom. The Morgan fingerprint density at radius 2 is 1.94 bits per heavy atom. The van der Waals surface area contributed by atoms with E-state index in [0.717, 1.165) is 30.1 Å². The summed E-state index contributed by atoms with van der Waals surface area (Å²) in [6, 6.07) is 16.4. The molecule has 1 fully saturated rings. The van der Waals surface area contributed by atoms with E-state index in [0.29, 0.717) is 19.7 Å². The Hall–Kier alpha value is -2.12. The lowest BCUT2D eigenvalue weighted by Gasteiger charge is -2.24. The molecule has 0 radical (unpaired) electrons. The Labute approximate surface area is 190 Å². The fraction of sp³-hybridized carbons (Fsp3) is 0.458. The number of amides is 1. The van der Waals surface area contributed by atoms with Crippen LogP contribution in [0.4, 0.5) is 5.69 Å². The van der Waals surface area contributed by atoms with Gasteiger partial charge in [0.2, 0.25) is 5.91 Å². The number of carbonyl (C=O) groups excluding carboxylic acids is 1. The fourth-order valence-electron chi connectivity index (χ4n) is 3.91. The minimum absolute atomic E-state index is 0.0451. The molecule has 168 valence electrons. The molecule has 0 bridgehead atoms. The van der Waals surface area contributed by atoms with Crippen LogP contribution in [0.3, 0.4) is 0 Å². The number of carbonyl (C=O) groups is 1. The van der Waals surface area contributed by atoms with Crippen LogP contribution in [0.5, 0.6) is 0 Å². The minimum atomic E-state index is -0.193. The Bertz CT molecular complexity index is 844. The predicted octanol–water partition coefficient (Wildman–Crippen LogP) is 2.90. The number of ether oxygens (including phenoxy) is 1. The molecule has 0 saturated carbocycles. The van der Waals surface area contributed by atoms with E-state index >= 15 is 0 Å². The molecule has 0 spiro atoms. The van der Waals surface area contributed by atoms with Crippen LogP contribution in [-0.4, -0.2) is 63.8 Å². The molecule has 3 rings (SSSR count). The Morgan fingerprint density at radius 3 is 2.61 bits per heavy atom. The first-order valence-corrected chi connectivity index (χ1v) is 11.1. The van der Waals surface area contributed by atoms with Crippen molar-refractivity contribution in [1.29, 1.82) is 0 Å². The number of rotatable bonds is 10. The fourth-order valence-corrected chi connectivity index (χ4v) is 4.11. The van der Waals surface area contributed by atoms with E-state index < -0.39 is 0 Å². The number of likely N-dealkylation sites (tertiary alicyclic amines) is 1. The van der Waals surface area contributed by atoms with Crippen molar-refractivity contribution < 1.29 is 9.53 Å². The molecule has 1 aliphatic heterocycles. The molecule has 1 saturated heterocycles. The highest BCUT2D eigenvalue weighted by Crippen LogP contribution is 2.24. The van der Waals surface area contributed by atoms with Gasteiger partial charge in [-0.25, -0.2) is 0 Å². The van der Waals surface area contributed by atoms with Gasteiger partial charge >= 0.3 is 0 Å². The van der Waals surface area contributed by atoms with Crippen molar-refractivity contribution in [2.24, 2.45) is 0 Å². The maximum absolute atomic E-state index is 12.9. The van der Waals surface area contributed by atoms with Crippen molar-refractivity contribution in [1.82, 2.24) is 15.5 Å². The van der Waals surface area contributed by atoms with E-state index in [2.05, 4.69) is 44.7 Å². The van der Waals surface area contributed by atoms with Gasteiger partial charge in [0.25, 0.3) is 0 Å². The minimum Gasteiger partial charge on any atom is -0.383 e.